The molecule has 11 heavy (non-hydrogen) atoms. The summed E-state index contributed by atoms with van der Waals surface area (Å²) in [6.07, 6.45) is 1.47. The lowest BCUT2D eigenvalue weighted by atomic mass is 9.88. The summed E-state index contributed by atoms with van der Waals surface area (Å²) in [4.78, 5) is 20.8. The fourth-order valence-electron chi connectivity index (χ4n) is 0.596. The van der Waals surface area contributed by atoms with Crippen molar-refractivity contribution >= 4 is 12.3 Å². The molecule has 4 nitrogen and oxygen atoms in total. The Bertz CT molecular complexity index is 168. The van der Waals surface area contributed by atoms with Crippen molar-refractivity contribution in [3.8, 4) is 0 Å². The number of nitrogens with one attached hydrogen (secondary N) is 1. The third kappa shape index (κ3) is 1.93. The van der Waals surface area contributed by atoms with Crippen molar-refractivity contribution in [3.05, 3.63) is 0 Å². The number of carbonyl (C=O) groups is 1. The monoisotopic (exact) mass is 157 g/mol. The highest BCUT2D eigenvalue weighted by molar-refractivity contribution is 5.86. The van der Waals surface area contributed by atoms with Crippen molar-refractivity contribution in [3.63, 3.8) is 0 Å². The first kappa shape index (κ1) is 9.94. The minimum Gasteiger partial charge on any atom is -0.368 e. The van der Waals surface area contributed by atoms with Gasteiger partial charge in [-0.2, -0.15) is 0 Å². The zero-order valence-corrected chi connectivity index (χ0v) is 6.97. The zero-order chi connectivity index (χ0) is 9.07. The van der Waals surface area contributed by atoms with Crippen LogP contribution in [0.5, 0.6) is 0 Å². The number of hydrogen-bond acceptors (Lipinski definition) is 2. The van der Waals surface area contributed by atoms with Gasteiger partial charge in [-0.15, -0.1) is 0 Å². The molecule has 1 unspecified atom stereocenters. The predicted molar refractivity (Wildman–Crippen MR) is 41.3 cm³/mol. The average Bonchev–Trinajstić information content (AvgIpc) is 1.87. The van der Waals surface area contributed by atoms with Crippen LogP contribution >= 0.6 is 0 Å². The van der Waals surface area contributed by atoms with Crippen LogP contribution < -0.4 is 11.1 Å². The molecule has 0 spiro atoms. The average molecular weight is 157 g/mol. The van der Waals surface area contributed by atoms with E-state index in [0.717, 1.165) is 0 Å². The van der Waals surface area contributed by atoms with Crippen LogP contribution in [0.15, 0.2) is 0 Å². The molecule has 0 rings (SSSR count). The first-order valence-electron chi connectivity index (χ1n) is 3.39. The van der Waals surface area contributed by atoms with Crippen LogP contribution in [0.25, 0.3) is 0 Å². The smallest absolute Gasteiger partial charge is 0.310 e. The molecule has 0 saturated heterocycles. The maximum atomic E-state index is 10.8. The number of nitrogens with two attached hydrogens (primary N) is 1. The second-order valence-electron chi connectivity index (χ2n) is 2.95. The third-order valence-electron chi connectivity index (χ3n) is 1.98. The fraction of sp³-hybridized carbons (Fsp3) is 0.714. The Morgan fingerprint density at radius 1 is 1.64 bits per heavy atom. The predicted octanol–water partition coefficient (Wildman–Crippen LogP) is -0.457. The molecule has 2 amide bonds. The van der Waals surface area contributed by atoms with Crippen LogP contribution in [0.2, 0.25) is 0 Å². The first-order valence-corrected chi connectivity index (χ1v) is 3.39. The molecule has 0 aliphatic heterocycles. The van der Waals surface area contributed by atoms with Crippen molar-refractivity contribution in [1.82, 2.24) is 5.32 Å². The lowest BCUT2D eigenvalue weighted by molar-refractivity contribution is -0.124. The molecule has 63 valence electrons. The van der Waals surface area contributed by atoms with Crippen LogP contribution in [0.4, 0.5) is 0 Å². The fourth-order valence-corrected chi connectivity index (χ4v) is 0.596. The third-order valence-corrected chi connectivity index (χ3v) is 1.98. The van der Waals surface area contributed by atoms with E-state index in [1.807, 2.05) is 0 Å². The Balaban J connectivity index is 4.51. The molecule has 0 heterocycles. The molecule has 0 saturated carbocycles. The maximum Gasteiger partial charge on any atom is 0.310 e. The normalized spacial score (nSPS) is 15.6. The van der Waals surface area contributed by atoms with Crippen LogP contribution in [0.3, 0.4) is 0 Å². The highest BCUT2D eigenvalue weighted by Gasteiger charge is 2.34. The van der Waals surface area contributed by atoms with E-state index in [1.165, 1.54) is 6.41 Å². The molecule has 1 atom stereocenters. The number of primary amides is 1. The van der Waals surface area contributed by atoms with E-state index in [0.29, 0.717) is 0 Å². The molecule has 0 aliphatic carbocycles. The van der Waals surface area contributed by atoms with E-state index in [2.05, 4.69) is 5.32 Å². The second-order valence-corrected chi connectivity index (χ2v) is 2.95. The number of carbonyl (C=O) groups excluding carboxylic acids is 2. The van der Waals surface area contributed by atoms with E-state index in [4.69, 9.17) is 5.73 Å². The van der Waals surface area contributed by atoms with Crippen molar-refractivity contribution in [2.45, 2.75) is 26.3 Å². The lowest BCUT2D eigenvalue weighted by Gasteiger charge is -2.28. The topological polar surface area (TPSA) is 72.2 Å². The summed E-state index contributed by atoms with van der Waals surface area (Å²) in [5.74, 6) is -0.586. The first-order chi connectivity index (χ1) is 4.95. The zero-order valence-electron chi connectivity index (χ0n) is 6.97. The quantitative estimate of drug-likeness (QED) is 0.542. The van der Waals surface area contributed by atoms with Crippen LogP contribution in [-0.2, 0) is 9.59 Å². The number of amides is 2. The molecular weight excluding hydrogens is 144 g/mol. The van der Waals surface area contributed by atoms with Crippen LogP contribution in [-0.4, -0.2) is 17.9 Å². The van der Waals surface area contributed by atoms with Gasteiger partial charge in [0.1, 0.15) is 5.54 Å². The van der Waals surface area contributed by atoms with Gasteiger partial charge in [-0.1, -0.05) is 13.8 Å². The van der Waals surface area contributed by atoms with Gasteiger partial charge >= 0.3 is 6.41 Å². The minimum atomic E-state index is -0.984. The van der Waals surface area contributed by atoms with E-state index in [-0.39, 0.29) is 5.92 Å². The van der Waals surface area contributed by atoms with Crippen LogP contribution in [0.1, 0.15) is 20.8 Å². The van der Waals surface area contributed by atoms with Crippen molar-refractivity contribution in [2.24, 2.45) is 11.7 Å². The molecule has 0 fully saturated rings. The van der Waals surface area contributed by atoms with E-state index in [1.54, 1.807) is 20.8 Å². The van der Waals surface area contributed by atoms with Crippen molar-refractivity contribution in [2.75, 3.05) is 0 Å². The van der Waals surface area contributed by atoms with E-state index in [9.17, 15) is 9.59 Å². The Labute approximate surface area is 66.1 Å². The summed E-state index contributed by atoms with van der Waals surface area (Å²) >= 11 is 0. The van der Waals surface area contributed by atoms with Gasteiger partial charge < -0.3 is 11.1 Å². The lowest BCUT2D eigenvalue weighted by Crippen LogP contribution is -2.56. The van der Waals surface area contributed by atoms with E-state index < -0.39 is 11.4 Å². The molecule has 0 aliphatic rings. The van der Waals surface area contributed by atoms with Gasteiger partial charge in [0.15, 0.2) is 0 Å². The molecule has 0 aromatic rings. The minimum absolute atomic E-state index is 0.0403. The second kappa shape index (κ2) is 3.37. The van der Waals surface area contributed by atoms with Gasteiger partial charge in [0, 0.05) is 0 Å². The number of rotatable bonds is 4. The SMILES string of the molecule is CC(C)C(C)(N[C]=O)C(N)=O. The summed E-state index contributed by atoms with van der Waals surface area (Å²) in [5, 5.41) is 2.28. The molecule has 0 aromatic carbocycles. The molecule has 4 heteroatoms. The van der Waals surface area contributed by atoms with Gasteiger partial charge in [-0.25, -0.2) is 0 Å². The van der Waals surface area contributed by atoms with Crippen LogP contribution in [0, 0.1) is 5.92 Å². The molecule has 0 bridgehead atoms. The Hall–Kier alpha value is -1.06. The highest BCUT2D eigenvalue weighted by Crippen LogP contribution is 2.14. The summed E-state index contributed by atoms with van der Waals surface area (Å²) in [7, 11) is 0. The summed E-state index contributed by atoms with van der Waals surface area (Å²) in [6, 6.07) is 0. The Kier molecular flexibility index (Phi) is 3.04. The Morgan fingerprint density at radius 2 is 2.09 bits per heavy atom. The molecule has 3 N–H and O–H groups in total. The summed E-state index contributed by atoms with van der Waals surface area (Å²) < 4.78 is 0. The summed E-state index contributed by atoms with van der Waals surface area (Å²) in [6.45, 7) is 5.18. The maximum absolute atomic E-state index is 10.8. The van der Waals surface area contributed by atoms with Gasteiger partial charge in [0.2, 0.25) is 5.91 Å². The van der Waals surface area contributed by atoms with Crippen molar-refractivity contribution in [1.29, 1.82) is 0 Å². The Morgan fingerprint density at radius 3 is 2.18 bits per heavy atom. The molecular formula is C7H13N2O2. The standard InChI is InChI=1S/C7H13N2O2/c1-5(2)7(3,6(8)11)9-4-10/h5H,1-3H3,(H2,8,11)(H,9,10). The van der Waals surface area contributed by atoms with E-state index >= 15 is 0 Å². The van der Waals surface area contributed by atoms with Gasteiger partial charge in [-0.05, 0) is 12.8 Å². The van der Waals surface area contributed by atoms with Gasteiger partial charge in [0.25, 0.3) is 0 Å². The van der Waals surface area contributed by atoms with Gasteiger partial charge in [-0.3, -0.25) is 9.59 Å². The largest absolute Gasteiger partial charge is 0.368 e. The summed E-state index contributed by atoms with van der Waals surface area (Å²) in [5.41, 5.74) is 4.09. The van der Waals surface area contributed by atoms with Crippen molar-refractivity contribution < 1.29 is 9.59 Å². The number of hydrogen-bond donors (Lipinski definition) is 2. The molecule has 1 radical (unpaired) electrons. The van der Waals surface area contributed by atoms with Gasteiger partial charge in [0.05, 0.1) is 0 Å². The molecule has 0 aromatic heterocycles. The highest BCUT2D eigenvalue weighted by atomic mass is 16.2.